The Balaban J connectivity index is 1.66. The van der Waals surface area contributed by atoms with Gasteiger partial charge in [-0.3, -0.25) is 4.79 Å². The molecule has 18 heavy (non-hydrogen) atoms. The van der Waals surface area contributed by atoms with E-state index < -0.39 is 0 Å². The molecule has 3 saturated heterocycles. The number of piperidine rings is 3. The van der Waals surface area contributed by atoms with Crippen LogP contribution in [0.2, 0.25) is 5.15 Å². The minimum absolute atomic E-state index is 0.155. The van der Waals surface area contributed by atoms with Crippen LogP contribution in [0.3, 0.4) is 0 Å². The van der Waals surface area contributed by atoms with Gasteiger partial charge in [0.2, 0.25) is 0 Å². The topological polar surface area (TPSA) is 58.1 Å². The van der Waals surface area contributed by atoms with Crippen LogP contribution in [0.5, 0.6) is 0 Å². The third kappa shape index (κ3) is 2.33. The van der Waals surface area contributed by atoms with Crippen molar-refractivity contribution in [3.05, 3.63) is 23.0 Å². The number of carbonyl (C=O) groups is 1. The number of rotatable bonds is 2. The predicted octanol–water partition coefficient (Wildman–Crippen LogP) is 0.954. The number of aromatic nitrogens is 2. The summed E-state index contributed by atoms with van der Waals surface area (Å²) in [6, 6.07) is 3.43. The summed E-state index contributed by atoms with van der Waals surface area (Å²) < 4.78 is 0. The van der Waals surface area contributed by atoms with Crippen LogP contribution in [0.15, 0.2) is 12.1 Å². The lowest BCUT2D eigenvalue weighted by molar-refractivity contribution is 0.0617. The van der Waals surface area contributed by atoms with Crippen molar-refractivity contribution < 1.29 is 4.79 Å². The van der Waals surface area contributed by atoms with E-state index in [0.29, 0.717) is 16.8 Å². The lowest BCUT2D eigenvalue weighted by Crippen LogP contribution is -2.57. The summed E-state index contributed by atoms with van der Waals surface area (Å²) in [7, 11) is 0. The molecule has 0 saturated carbocycles. The van der Waals surface area contributed by atoms with Gasteiger partial charge in [-0.25, -0.2) is 0 Å². The number of carbonyl (C=O) groups excluding carboxylic acids is 1. The number of halogens is 1. The zero-order chi connectivity index (χ0) is 12.5. The summed E-state index contributed by atoms with van der Waals surface area (Å²) in [5.41, 5.74) is 0.329. The summed E-state index contributed by atoms with van der Waals surface area (Å²) in [6.07, 6.45) is 2.36. The minimum atomic E-state index is -0.155. The maximum Gasteiger partial charge on any atom is 0.272 e. The van der Waals surface area contributed by atoms with Crippen molar-refractivity contribution in [1.82, 2.24) is 20.4 Å². The fraction of sp³-hybridized carbons (Fsp3) is 0.583. The molecule has 1 aromatic rings. The molecule has 3 fully saturated rings. The van der Waals surface area contributed by atoms with Gasteiger partial charge in [-0.1, -0.05) is 11.6 Å². The smallest absolute Gasteiger partial charge is 0.272 e. The van der Waals surface area contributed by atoms with Crippen molar-refractivity contribution in [2.45, 2.75) is 18.9 Å². The van der Waals surface area contributed by atoms with E-state index in [-0.39, 0.29) is 11.9 Å². The number of hydrogen-bond donors (Lipinski definition) is 1. The highest BCUT2D eigenvalue weighted by Crippen LogP contribution is 2.27. The molecule has 0 radical (unpaired) electrons. The molecule has 2 bridgehead atoms. The molecule has 0 aliphatic carbocycles. The molecular formula is C12H15ClN4O. The first-order valence-electron chi connectivity index (χ1n) is 6.25. The Labute approximate surface area is 111 Å². The summed E-state index contributed by atoms with van der Waals surface area (Å²) in [5, 5.41) is 10.8. The van der Waals surface area contributed by atoms with Gasteiger partial charge in [0, 0.05) is 12.6 Å². The Morgan fingerprint density at radius 2 is 2.11 bits per heavy atom. The van der Waals surface area contributed by atoms with Crippen molar-refractivity contribution in [2.75, 3.05) is 19.6 Å². The SMILES string of the molecule is O=C(NC1CN2CCC1CC2)c1ccc(Cl)nn1. The number of nitrogens with one attached hydrogen (secondary N) is 1. The van der Waals surface area contributed by atoms with Crippen LogP contribution < -0.4 is 5.32 Å². The molecule has 6 heteroatoms. The summed E-state index contributed by atoms with van der Waals surface area (Å²) in [4.78, 5) is 14.4. The fourth-order valence-electron chi connectivity index (χ4n) is 2.81. The molecule has 1 amide bonds. The van der Waals surface area contributed by atoms with Gasteiger partial charge in [0.25, 0.3) is 5.91 Å². The lowest BCUT2D eigenvalue weighted by atomic mass is 9.84. The second kappa shape index (κ2) is 4.82. The van der Waals surface area contributed by atoms with Crippen LogP contribution >= 0.6 is 11.6 Å². The van der Waals surface area contributed by atoms with Gasteiger partial charge in [0.1, 0.15) is 0 Å². The average Bonchev–Trinajstić information content (AvgIpc) is 2.41. The zero-order valence-electron chi connectivity index (χ0n) is 9.97. The second-order valence-electron chi connectivity index (χ2n) is 4.96. The normalized spacial score (nSPS) is 30.2. The standard InChI is InChI=1S/C12H15ClN4O/c13-11-2-1-9(15-16-11)12(18)14-10-7-17-5-3-8(10)4-6-17/h1-2,8,10H,3-7H2,(H,14,18). The molecule has 96 valence electrons. The third-order valence-electron chi connectivity index (χ3n) is 3.84. The van der Waals surface area contributed by atoms with Crippen molar-refractivity contribution in [1.29, 1.82) is 0 Å². The van der Waals surface area contributed by atoms with Gasteiger partial charge < -0.3 is 10.2 Å². The van der Waals surface area contributed by atoms with E-state index in [1.54, 1.807) is 12.1 Å². The molecule has 3 aliphatic heterocycles. The molecule has 1 aromatic heterocycles. The third-order valence-corrected chi connectivity index (χ3v) is 4.04. The highest BCUT2D eigenvalue weighted by atomic mass is 35.5. The van der Waals surface area contributed by atoms with Gasteiger partial charge in [-0.05, 0) is 44.0 Å². The van der Waals surface area contributed by atoms with Gasteiger partial charge in [-0.15, -0.1) is 10.2 Å². The largest absolute Gasteiger partial charge is 0.346 e. The lowest BCUT2D eigenvalue weighted by Gasteiger charge is -2.44. The van der Waals surface area contributed by atoms with E-state index in [0.717, 1.165) is 19.6 Å². The first-order valence-corrected chi connectivity index (χ1v) is 6.62. The van der Waals surface area contributed by atoms with Gasteiger partial charge in [-0.2, -0.15) is 0 Å². The minimum Gasteiger partial charge on any atom is -0.346 e. The highest BCUT2D eigenvalue weighted by Gasteiger charge is 2.35. The van der Waals surface area contributed by atoms with Crippen LogP contribution in [-0.2, 0) is 0 Å². The predicted molar refractivity (Wildman–Crippen MR) is 67.5 cm³/mol. The Hall–Kier alpha value is -1.20. The first kappa shape index (κ1) is 11.9. The molecular weight excluding hydrogens is 252 g/mol. The van der Waals surface area contributed by atoms with Crippen LogP contribution in [0.25, 0.3) is 0 Å². The number of hydrogen-bond acceptors (Lipinski definition) is 4. The number of fused-ring (bicyclic) bond motifs is 3. The molecule has 4 heterocycles. The number of amides is 1. The van der Waals surface area contributed by atoms with Crippen molar-refractivity contribution >= 4 is 17.5 Å². The van der Waals surface area contributed by atoms with Gasteiger partial charge in [0.15, 0.2) is 10.8 Å². The Bertz CT molecular complexity index is 442. The molecule has 5 nitrogen and oxygen atoms in total. The summed E-state index contributed by atoms with van der Waals surface area (Å²) >= 11 is 5.65. The summed E-state index contributed by atoms with van der Waals surface area (Å²) in [6.45, 7) is 3.28. The van der Waals surface area contributed by atoms with E-state index in [1.807, 2.05) is 0 Å². The van der Waals surface area contributed by atoms with Crippen molar-refractivity contribution in [3.8, 4) is 0 Å². The van der Waals surface area contributed by atoms with E-state index in [9.17, 15) is 4.79 Å². The van der Waals surface area contributed by atoms with Crippen molar-refractivity contribution in [2.24, 2.45) is 5.92 Å². The number of nitrogens with zero attached hydrogens (tertiary/aromatic N) is 3. The molecule has 1 atom stereocenters. The average molecular weight is 267 g/mol. The van der Waals surface area contributed by atoms with Crippen LogP contribution in [0.4, 0.5) is 0 Å². The van der Waals surface area contributed by atoms with E-state index in [1.165, 1.54) is 12.8 Å². The van der Waals surface area contributed by atoms with E-state index in [2.05, 4.69) is 20.4 Å². The monoisotopic (exact) mass is 266 g/mol. The Morgan fingerprint density at radius 1 is 1.33 bits per heavy atom. The van der Waals surface area contributed by atoms with Gasteiger partial charge >= 0.3 is 0 Å². The van der Waals surface area contributed by atoms with Crippen molar-refractivity contribution in [3.63, 3.8) is 0 Å². The molecule has 0 spiro atoms. The first-order chi connectivity index (χ1) is 8.72. The molecule has 3 aliphatic rings. The Kier molecular flexibility index (Phi) is 3.18. The van der Waals surface area contributed by atoms with Crippen LogP contribution in [0, 0.1) is 5.92 Å². The van der Waals surface area contributed by atoms with E-state index in [4.69, 9.17) is 11.6 Å². The molecule has 1 unspecified atom stereocenters. The molecule has 0 aromatic carbocycles. The maximum atomic E-state index is 12.0. The van der Waals surface area contributed by atoms with Crippen LogP contribution in [0.1, 0.15) is 23.3 Å². The fourth-order valence-corrected chi connectivity index (χ4v) is 2.91. The highest BCUT2D eigenvalue weighted by molar-refractivity contribution is 6.29. The molecule has 4 rings (SSSR count). The quantitative estimate of drug-likeness (QED) is 0.866. The van der Waals surface area contributed by atoms with Gasteiger partial charge in [0.05, 0.1) is 0 Å². The zero-order valence-corrected chi connectivity index (χ0v) is 10.7. The maximum absolute atomic E-state index is 12.0. The Morgan fingerprint density at radius 3 is 2.67 bits per heavy atom. The second-order valence-corrected chi connectivity index (χ2v) is 5.35. The molecule has 1 N–H and O–H groups in total. The van der Waals surface area contributed by atoms with E-state index >= 15 is 0 Å². The summed E-state index contributed by atoms with van der Waals surface area (Å²) in [5.74, 6) is 0.456. The van der Waals surface area contributed by atoms with Crippen LogP contribution in [-0.4, -0.2) is 46.7 Å².